The maximum absolute atomic E-state index is 6.02. The average molecular weight is 224 g/mol. The molecular formula is C14H28N2. The lowest BCUT2D eigenvalue weighted by Gasteiger charge is -2.28. The Morgan fingerprint density at radius 3 is 2.62 bits per heavy atom. The summed E-state index contributed by atoms with van der Waals surface area (Å²) in [6.45, 7) is 7.16. The molecule has 2 aliphatic carbocycles. The van der Waals surface area contributed by atoms with E-state index in [1.165, 1.54) is 51.6 Å². The van der Waals surface area contributed by atoms with Gasteiger partial charge in [0.15, 0.2) is 0 Å². The summed E-state index contributed by atoms with van der Waals surface area (Å²) in [5.74, 6) is 1.68. The van der Waals surface area contributed by atoms with Crippen LogP contribution in [-0.2, 0) is 0 Å². The molecule has 2 saturated carbocycles. The van der Waals surface area contributed by atoms with Crippen LogP contribution >= 0.6 is 0 Å². The zero-order valence-corrected chi connectivity index (χ0v) is 11.0. The van der Waals surface area contributed by atoms with Gasteiger partial charge in [0, 0.05) is 12.6 Å². The van der Waals surface area contributed by atoms with Crippen LogP contribution in [-0.4, -0.2) is 19.1 Å². The van der Waals surface area contributed by atoms with Gasteiger partial charge in [-0.2, -0.15) is 0 Å². The smallest absolute Gasteiger partial charge is 0.00419 e. The van der Waals surface area contributed by atoms with E-state index in [2.05, 4.69) is 19.2 Å². The van der Waals surface area contributed by atoms with E-state index in [1.54, 1.807) is 0 Å². The highest BCUT2D eigenvalue weighted by Gasteiger charge is 2.44. The van der Waals surface area contributed by atoms with Crippen LogP contribution in [0.3, 0.4) is 0 Å². The number of hydrogen-bond donors (Lipinski definition) is 2. The van der Waals surface area contributed by atoms with Crippen molar-refractivity contribution in [1.82, 2.24) is 5.32 Å². The molecule has 16 heavy (non-hydrogen) atoms. The summed E-state index contributed by atoms with van der Waals surface area (Å²) in [6, 6.07) is 0.473. The summed E-state index contributed by atoms with van der Waals surface area (Å²) in [4.78, 5) is 0. The number of nitrogens with two attached hydrogens (primary N) is 1. The third-order valence-corrected chi connectivity index (χ3v) is 4.85. The molecule has 2 aliphatic rings. The zero-order chi connectivity index (χ0) is 11.6. The normalized spacial score (nSPS) is 33.0. The average Bonchev–Trinajstić information content (AvgIpc) is 2.99. The lowest BCUT2D eigenvalue weighted by atomic mass is 9.86. The second-order valence-corrected chi connectivity index (χ2v) is 6.44. The van der Waals surface area contributed by atoms with Crippen LogP contribution in [0.25, 0.3) is 0 Å². The molecule has 2 fully saturated rings. The monoisotopic (exact) mass is 224 g/mol. The highest BCUT2D eigenvalue weighted by molar-refractivity contribution is 4.97. The first-order valence-corrected chi connectivity index (χ1v) is 7.09. The summed E-state index contributed by atoms with van der Waals surface area (Å²) >= 11 is 0. The molecule has 2 unspecified atom stereocenters. The van der Waals surface area contributed by atoms with Gasteiger partial charge in [0.2, 0.25) is 0 Å². The molecule has 2 heteroatoms. The van der Waals surface area contributed by atoms with E-state index in [1.807, 2.05) is 0 Å². The third kappa shape index (κ3) is 2.98. The highest BCUT2D eigenvalue weighted by atomic mass is 14.9. The SMILES string of the molecule is CC(C)C1(CNCC2CCCC(N)C2)CC1. The van der Waals surface area contributed by atoms with Gasteiger partial charge in [-0.25, -0.2) is 0 Å². The van der Waals surface area contributed by atoms with Gasteiger partial charge in [-0.3, -0.25) is 0 Å². The van der Waals surface area contributed by atoms with Crippen molar-refractivity contribution in [2.24, 2.45) is 23.0 Å². The largest absolute Gasteiger partial charge is 0.328 e. The Bertz CT molecular complexity index is 221. The quantitative estimate of drug-likeness (QED) is 0.753. The number of rotatable bonds is 5. The fourth-order valence-electron chi connectivity index (χ4n) is 3.16. The van der Waals surface area contributed by atoms with Crippen LogP contribution in [0.1, 0.15) is 52.4 Å². The molecule has 0 aromatic rings. The van der Waals surface area contributed by atoms with Crippen molar-refractivity contribution < 1.29 is 0 Å². The lowest BCUT2D eigenvalue weighted by Crippen LogP contribution is -2.36. The Morgan fingerprint density at radius 1 is 1.31 bits per heavy atom. The molecule has 3 N–H and O–H groups in total. The fourth-order valence-corrected chi connectivity index (χ4v) is 3.16. The topological polar surface area (TPSA) is 38.0 Å². The maximum Gasteiger partial charge on any atom is 0.00419 e. The molecule has 0 spiro atoms. The van der Waals surface area contributed by atoms with Crippen LogP contribution in [0, 0.1) is 17.3 Å². The van der Waals surface area contributed by atoms with Gasteiger partial charge in [-0.1, -0.05) is 20.3 Å². The third-order valence-electron chi connectivity index (χ3n) is 4.85. The predicted molar refractivity (Wildman–Crippen MR) is 69.3 cm³/mol. The molecule has 0 amide bonds. The minimum Gasteiger partial charge on any atom is -0.328 e. The van der Waals surface area contributed by atoms with Gasteiger partial charge in [0.25, 0.3) is 0 Å². The van der Waals surface area contributed by atoms with Gasteiger partial charge in [0.1, 0.15) is 0 Å². The van der Waals surface area contributed by atoms with Crippen LogP contribution < -0.4 is 11.1 Å². The molecule has 2 rings (SSSR count). The fraction of sp³-hybridized carbons (Fsp3) is 1.00. The Kier molecular flexibility index (Phi) is 3.91. The molecule has 0 aromatic heterocycles. The molecule has 2 atom stereocenters. The van der Waals surface area contributed by atoms with Crippen molar-refractivity contribution in [3.63, 3.8) is 0 Å². The Balaban J connectivity index is 1.64. The second-order valence-electron chi connectivity index (χ2n) is 6.44. The van der Waals surface area contributed by atoms with E-state index in [0.29, 0.717) is 11.5 Å². The molecule has 94 valence electrons. The molecule has 2 nitrogen and oxygen atoms in total. The number of hydrogen-bond acceptors (Lipinski definition) is 2. The number of nitrogens with one attached hydrogen (secondary N) is 1. The van der Waals surface area contributed by atoms with Crippen molar-refractivity contribution >= 4 is 0 Å². The minimum absolute atomic E-state index is 0.473. The van der Waals surface area contributed by atoms with Crippen molar-refractivity contribution in [3.05, 3.63) is 0 Å². The van der Waals surface area contributed by atoms with E-state index < -0.39 is 0 Å². The van der Waals surface area contributed by atoms with Gasteiger partial charge < -0.3 is 11.1 Å². The summed E-state index contributed by atoms with van der Waals surface area (Å²) in [7, 11) is 0. The summed E-state index contributed by atoms with van der Waals surface area (Å²) in [5, 5.41) is 3.70. The second kappa shape index (κ2) is 5.05. The molecule has 0 radical (unpaired) electrons. The van der Waals surface area contributed by atoms with Gasteiger partial charge in [-0.05, 0) is 55.9 Å². The zero-order valence-electron chi connectivity index (χ0n) is 11.0. The predicted octanol–water partition coefficient (Wildman–Crippen LogP) is 2.53. The van der Waals surface area contributed by atoms with Crippen molar-refractivity contribution in [2.75, 3.05) is 13.1 Å². The van der Waals surface area contributed by atoms with Gasteiger partial charge >= 0.3 is 0 Å². The molecule has 0 saturated heterocycles. The van der Waals surface area contributed by atoms with Crippen molar-refractivity contribution in [3.8, 4) is 0 Å². The minimum atomic E-state index is 0.473. The van der Waals surface area contributed by atoms with E-state index >= 15 is 0 Å². The van der Waals surface area contributed by atoms with E-state index in [0.717, 1.165) is 11.8 Å². The van der Waals surface area contributed by atoms with Crippen LogP contribution in [0.2, 0.25) is 0 Å². The first-order valence-electron chi connectivity index (χ1n) is 7.09. The molecule has 0 aromatic carbocycles. The summed E-state index contributed by atoms with van der Waals surface area (Å²) < 4.78 is 0. The highest BCUT2D eigenvalue weighted by Crippen LogP contribution is 2.51. The lowest BCUT2D eigenvalue weighted by molar-refractivity contribution is 0.283. The van der Waals surface area contributed by atoms with Crippen LogP contribution in [0.5, 0.6) is 0 Å². The first kappa shape index (κ1) is 12.4. The van der Waals surface area contributed by atoms with E-state index in [9.17, 15) is 0 Å². The van der Waals surface area contributed by atoms with Gasteiger partial charge in [-0.15, -0.1) is 0 Å². The summed E-state index contributed by atoms with van der Waals surface area (Å²) in [5.41, 5.74) is 6.67. The standard InChI is InChI=1S/C14H28N2/c1-11(2)14(6-7-14)10-16-9-12-4-3-5-13(15)8-12/h11-13,16H,3-10,15H2,1-2H3. The maximum atomic E-state index is 6.02. The van der Waals surface area contributed by atoms with E-state index in [-0.39, 0.29) is 0 Å². The van der Waals surface area contributed by atoms with Crippen LogP contribution in [0.15, 0.2) is 0 Å². The van der Waals surface area contributed by atoms with Crippen molar-refractivity contribution in [1.29, 1.82) is 0 Å². The van der Waals surface area contributed by atoms with E-state index in [4.69, 9.17) is 5.73 Å². The Labute approximate surface area is 100 Å². The Morgan fingerprint density at radius 2 is 2.06 bits per heavy atom. The van der Waals surface area contributed by atoms with Crippen LogP contribution in [0.4, 0.5) is 0 Å². The first-order chi connectivity index (χ1) is 7.62. The van der Waals surface area contributed by atoms with Gasteiger partial charge in [0.05, 0.1) is 0 Å². The van der Waals surface area contributed by atoms with Crippen molar-refractivity contribution in [2.45, 2.75) is 58.4 Å². The Hall–Kier alpha value is -0.0800. The molecule has 0 aliphatic heterocycles. The summed E-state index contributed by atoms with van der Waals surface area (Å²) in [6.07, 6.45) is 8.07. The molecule has 0 bridgehead atoms. The molecule has 0 heterocycles. The molecular weight excluding hydrogens is 196 g/mol.